The molecule has 22 heavy (non-hydrogen) atoms. The number of benzene rings is 1. The molecule has 0 bridgehead atoms. The predicted octanol–water partition coefficient (Wildman–Crippen LogP) is 4.18. The molecule has 114 valence electrons. The first-order valence-electron chi connectivity index (χ1n) is 6.70. The Morgan fingerprint density at radius 3 is 2.55 bits per heavy atom. The molecule has 0 radical (unpaired) electrons. The molecule has 1 aliphatic carbocycles. The lowest BCUT2D eigenvalue weighted by molar-refractivity contribution is -0.140. The maximum Gasteiger partial charge on any atom is 0.314 e. The van der Waals surface area contributed by atoms with Crippen LogP contribution in [-0.2, 0) is 10.2 Å². The van der Waals surface area contributed by atoms with E-state index in [0.717, 1.165) is 5.56 Å². The molecule has 0 aliphatic heterocycles. The lowest BCUT2D eigenvalue weighted by Crippen LogP contribution is -2.19. The fraction of sp³-hybridized carbons (Fsp3) is 0.250. The number of ether oxygens (including phenoxy) is 1. The molecule has 1 saturated carbocycles. The zero-order valence-electron chi connectivity index (χ0n) is 11.8. The highest BCUT2D eigenvalue weighted by molar-refractivity contribution is 6.36. The topological polar surface area (TPSA) is 59.4 Å². The van der Waals surface area contributed by atoms with Crippen molar-refractivity contribution in [2.24, 2.45) is 0 Å². The number of hydrogen-bond acceptors (Lipinski definition) is 3. The van der Waals surface area contributed by atoms with Crippen LogP contribution in [0.4, 0.5) is 0 Å². The van der Waals surface area contributed by atoms with Gasteiger partial charge in [-0.25, -0.2) is 0 Å². The van der Waals surface area contributed by atoms with E-state index in [1.165, 1.54) is 7.11 Å². The van der Waals surface area contributed by atoms with E-state index in [1.54, 1.807) is 24.5 Å². The summed E-state index contributed by atoms with van der Waals surface area (Å²) >= 11 is 12.4. The minimum atomic E-state index is -0.815. The summed E-state index contributed by atoms with van der Waals surface area (Å²) in [5, 5.41) is 10.3. The van der Waals surface area contributed by atoms with Crippen molar-refractivity contribution < 1.29 is 14.6 Å². The molecule has 6 heteroatoms. The van der Waals surface area contributed by atoms with Crippen molar-refractivity contribution in [1.82, 2.24) is 4.98 Å². The maximum atomic E-state index is 11.4. The summed E-state index contributed by atoms with van der Waals surface area (Å²) < 4.78 is 5.13. The largest absolute Gasteiger partial charge is 0.495 e. The molecular formula is C16H13Cl2NO3. The highest BCUT2D eigenvalue weighted by atomic mass is 35.5. The van der Waals surface area contributed by atoms with Gasteiger partial charge in [0.2, 0.25) is 0 Å². The number of hydrogen-bond donors (Lipinski definition) is 1. The molecule has 4 nitrogen and oxygen atoms in total. The Balaban J connectivity index is 2.07. The van der Waals surface area contributed by atoms with E-state index in [9.17, 15) is 9.90 Å². The second kappa shape index (κ2) is 5.45. The third-order valence-corrected chi connectivity index (χ3v) is 4.61. The van der Waals surface area contributed by atoms with Crippen LogP contribution in [0.3, 0.4) is 0 Å². The monoisotopic (exact) mass is 337 g/mol. The van der Waals surface area contributed by atoms with E-state index >= 15 is 0 Å². The van der Waals surface area contributed by atoms with E-state index in [1.807, 2.05) is 6.07 Å². The van der Waals surface area contributed by atoms with Crippen LogP contribution in [0.25, 0.3) is 11.1 Å². The van der Waals surface area contributed by atoms with Crippen molar-refractivity contribution in [2.45, 2.75) is 18.3 Å². The molecule has 3 rings (SSSR count). The van der Waals surface area contributed by atoms with Crippen LogP contribution < -0.4 is 4.74 Å². The van der Waals surface area contributed by atoms with Gasteiger partial charge in [-0.1, -0.05) is 23.2 Å². The number of halogens is 2. The predicted molar refractivity (Wildman–Crippen MR) is 84.8 cm³/mol. The first-order valence-corrected chi connectivity index (χ1v) is 7.46. The van der Waals surface area contributed by atoms with Crippen LogP contribution in [0.5, 0.6) is 5.75 Å². The molecule has 1 fully saturated rings. The van der Waals surface area contributed by atoms with Crippen molar-refractivity contribution in [3.8, 4) is 16.9 Å². The van der Waals surface area contributed by atoms with Crippen molar-refractivity contribution in [3.05, 3.63) is 46.2 Å². The van der Waals surface area contributed by atoms with Gasteiger partial charge in [-0.05, 0) is 30.5 Å². The molecule has 0 saturated heterocycles. The van der Waals surface area contributed by atoms with Gasteiger partial charge >= 0.3 is 5.97 Å². The van der Waals surface area contributed by atoms with E-state index in [2.05, 4.69) is 4.98 Å². The number of carboxylic acids is 1. The van der Waals surface area contributed by atoms with Gasteiger partial charge in [-0.3, -0.25) is 9.78 Å². The third kappa shape index (κ3) is 2.42. The Morgan fingerprint density at radius 2 is 1.95 bits per heavy atom. The zero-order valence-corrected chi connectivity index (χ0v) is 13.3. The number of carbonyl (C=O) groups is 1. The molecule has 0 unspecified atom stereocenters. The second-order valence-electron chi connectivity index (χ2n) is 5.32. The van der Waals surface area contributed by atoms with E-state index in [-0.39, 0.29) is 0 Å². The molecule has 1 aromatic carbocycles. The van der Waals surface area contributed by atoms with E-state index < -0.39 is 11.4 Å². The Kier molecular flexibility index (Phi) is 3.75. The van der Waals surface area contributed by atoms with Crippen LogP contribution in [0, 0.1) is 0 Å². The lowest BCUT2D eigenvalue weighted by Gasteiger charge is -2.13. The summed E-state index contributed by atoms with van der Waals surface area (Å²) in [6.07, 6.45) is 4.50. The summed E-state index contributed by atoms with van der Waals surface area (Å²) in [6, 6.07) is 5.15. The standard InChI is InChI=1S/C16H13Cl2NO3/c1-22-14-6-12(17)11(5-13(14)18)9-4-10(8-19-7-9)16(2-3-16)15(20)21/h4-8H,2-3H2,1H3,(H,20,21). The van der Waals surface area contributed by atoms with Gasteiger partial charge < -0.3 is 9.84 Å². The van der Waals surface area contributed by atoms with Crippen molar-refractivity contribution in [1.29, 1.82) is 0 Å². The Labute approximate surface area is 137 Å². The summed E-state index contributed by atoms with van der Waals surface area (Å²) in [7, 11) is 1.52. The Bertz CT molecular complexity index is 757. The lowest BCUT2D eigenvalue weighted by atomic mass is 9.95. The average Bonchev–Trinajstić information content (AvgIpc) is 3.31. The van der Waals surface area contributed by atoms with Gasteiger partial charge in [0.25, 0.3) is 0 Å². The molecule has 0 amide bonds. The molecule has 1 N–H and O–H groups in total. The summed E-state index contributed by atoms with van der Waals surface area (Å²) in [5.41, 5.74) is 1.33. The van der Waals surface area contributed by atoms with Crippen LogP contribution in [0.15, 0.2) is 30.6 Å². The number of aliphatic carboxylic acids is 1. The summed E-state index contributed by atoms with van der Waals surface area (Å²) in [6.45, 7) is 0. The quantitative estimate of drug-likeness (QED) is 0.909. The van der Waals surface area contributed by atoms with Crippen LogP contribution >= 0.6 is 23.2 Å². The fourth-order valence-electron chi connectivity index (χ4n) is 2.51. The number of rotatable bonds is 4. The van der Waals surface area contributed by atoms with Crippen LogP contribution in [0.2, 0.25) is 10.0 Å². The van der Waals surface area contributed by atoms with Crippen molar-refractivity contribution in [3.63, 3.8) is 0 Å². The smallest absolute Gasteiger partial charge is 0.314 e. The number of carboxylic acid groups (broad SMARTS) is 1. The van der Waals surface area contributed by atoms with Gasteiger partial charge in [0.1, 0.15) is 5.75 Å². The molecule has 1 heterocycles. The van der Waals surface area contributed by atoms with Crippen molar-refractivity contribution in [2.75, 3.05) is 7.11 Å². The average molecular weight is 338 g/mol. The molecule has 1 aromatic heterocycles. The van der Waals surface area contributed by atoms with Crippen LogP contribution in [-0.4, -0.2) is 23.2 Å². The van der Waals surface area contributed by atoms with Gasteiger partial charge in [-0.15, -0.1) is 0 Å². The third-order valence-electron chi connectivity index (χ3n) is 4.00. The number of aromatic nitrogens is 1. The molecule has 0 spiro atoms. The van der Waals surface area contributed by atoms with Gasteiger partial charge in [-0.2, -0.15) is 0 Å². The minimum absolute atomic E-state index is 0.437. The Hall–Kier alpha value is -1.78. The minimum Gasteiger partial charge on any atom is -0.495 e. The summed E-state index contributed by atoms with van der Waals surface area (Å²) in [4.78, 5) is 15.6. The summed E-state index contributed by atoms with van der Waals surface area (Å²) in [5.74, 6) is -0.325. The number of pyridine rings is 1. The van der Waals surface area contributed by atoms with Crippen molar-refractivity contribution >= 4 is 29.2 Å². The van der Waals surface area contributed by atoms with Gasteiger partial charge in [0.15, 0.2) is 0 Å². The van der Waals surface area contributed by atoms with Gasteiger partial charge in [0, 0.05) is 29.6 Å². The Morgan fingerprint density at radius 1 is 1.23 bits per heavy atom. The molecular weight excluding hydrogens is 325 g/mol. The highest BCUT2D eigenvalue weighted by Gasteiger charge is 2.52. The van der Waals surface area contributed by atoms with Gasteiger partial charge in [0.05, 0.1) is 22.6 Å². The van der Waals surface area contributed by atoms with E-state index in [4.69, 9.17) is 27.9 Å². The number of methoxy groups -OCH3 is 1. The highest BCUT2D eigenvalue weighted by Crippen LogP contribution is 2.49. The molecule has 2 aromatic rings. The zero-order chi connectivity index (χ0) is 15.9. The van der Waals surface area contributed by atoms with Crippen LogP contribution in [0.1, 0.15) is 18.4 Å². The first-order chi connectivity index (χ1) is 10.5. The molecule has 1 aliphatic rings. The SMILES string of the molecule is COc1cc(Cl)c(-c2cncc(C3(C(=O)O)CC3)c2)cc1Cl. The maximum absolute atomic E-state index is 11.4. The first kappa shape index (κ1) is 15.1. The van der Waals surface area contributed by atoms with E-state index in [0.29, 0.717) is 39.8 Å². The fourth-order valence-corrected chi connectivity index (χ4v) is 3.01. The number of nitrogens with zero attached hydrogens (tertiary/aromatic N) is 1. The molecule has 0 atom stereocenters. The normalized spacial score (nSPS) is 15.4. The second-order valence-corrected chi connectivity index (χ2v) is 6.13.